The summed E-state index contributed by atoms with van der Waals surface area (Å²) in [6.45, 7) is 2.01. The number of nitrogens with zero attached hydrogens (tertiary/aromatic N) is 1. The van der Waals surface area contributed by atoms with Gasteiger partial charge in [0.1, 0.15) is 0 Å². The summed E-state index contributed by atoms with van der Waals surface area (Å²) >= 11 is 1.98. The first-order valence-corrected chi connectivity index (χ1v) is 5.58. The van der Waals surface area contributed by atoms with Gasteiger partial charge in [0.15, 0.2) is 5.75 Å². The van der Waals surface area contributed by atoms with Gasteiger partial charge in [0.25, 0.3) is 0 Å². The standard InChI is InChI=1S/C10H12NOS/c1-2-4-10(5-3-1)12-11-6-8-13-9-7-11/h1-4H,6-9H2. The van der Waals surface area contributed by atoms with Crippen LogP contribution in [0.2, 0.25) is 0 Å². The molecule has 1 fully saturated rings. The van der Waals surface area contributed by atoms with Gasteiger partial charge < -0.3 is 4.84 Å². The predicted octanol–water partition coefficient (Wildman–Crippen LogP) is 1.83. The highest BCUT2D eigenvalue weighted by molar-refractivity contribution is 7.99. The Bertz CT molecular complexity index is 246. The molecule has 1 aromatic carbocycles. The van der Waals surface area contributed by atoms with Gasteiger partial charge in [-0.3, -0.25) is 0 Å². The Morgan fingerprint density at radius 2 is 2.15 bits per heavy atom. The fraction of sp³-hybridized carbons (Fsp3) is 0.400. The van der Waals surface area contributed by atoms with E-state index in [1.807, 2.05) is 41.1 Å². The zero-order chi connectivity index (χ0) is 8.93. The Morgan fingerprint density at radius 3 is 2.85 bits per heavy atom. The molecule has 0 spiro atoms. The number of hydrogen-bond donors (Lipinski definition) is 0. The van der Waals surface area contributed by atoms with Crippen LogP contribution in [0, 0.1) is 6.07 Å². The lowest BCUT2D eigenvalue weighted by molar-refractivity contribution is -0.0491. The molecule has 1 saturated heterocycles. The molecule has 0 bridgehead atoms. The molecule has 1 aliphatic rings. The molecular formula is C10H12NOS. The SMILES string of the molecule is [c]1ccccc1ON1CCSCC1. The van der Waals surface area contributed by atoms with Crippen molar-refractivity contribution in [2.75, 3.05) is 24.6 Å². The molecule has 69 valence electrons. The largest absolute Gasteiger partial charge is 0.405 e. The lowest BCUT2D eigenvalue weighted by Gasteiger charge is -2.25. The van der Waals surface area contributed by atoms with E-state index in [2.05, 4.69) is 6.07 Å². The molecule has 1 heterocycles. The van der Waals surface area contributed by atoms with E-state index in [-0.39, 0.29) is 0 Å². The normalized spacial score (nSPS) is 18.5. The van der Waals surface area contributed by atoms with Crippen LogP contribution >= 0.6 is 11.8 Å². The lowest BCUT2D eigenvalue weighted by atomic mass is 10.3. The van der Waals surface area contributed by atoms with E-state index in [1.165, 1.54) is 0 Å². The van der Waals surface area contributed by atoms with Crippen molar-refractivity contribution in [3.63, 3.8) is 0 Å². The summed E-state index contributed by atoms with van der Waals surface area (Å²) in [5, 5.41) is 2.00. The predicted molar refractivity (Wildman–Crippen MR) is 54.8 cm³/mol. The van der Waals surface area contributed by atoms with Gasteiger partial charge in [-0.2, -0.15) is 11.8 Å². The Balaban J connectivity index is 1.90. The van der Waals surface area contributed by atoms with Crippen molar-refractivity contribution in [2.45, 2.75) is 0 Å². The Hall–Kier alpha value is -0.670. The smallest absolute Gasteiger partial charge is 0.155 e. The number of benzene rings is 1. The second-order valence-corrected chi connectivity index (χ2v) is 4.08. The van der Waals surface area contributed by atoms with Gasteiger partial charge in [-0.1, -0.05) is 18.2 Å². The van der Waals surface area contributed by atoms with Crippen LogP contribution < -0.4 is 4.84 Å². The average molecular weight is 194 g/mol. The second-order valence-electron chi connectivity index (χ2n) is 2.86. The van der Waals surface area contributed by atoms with Crippen molar-refractivity contribution in [3.8, 4) is 5.75 Å². The molecule has 2 rings (SSSR count). The molecule has 0 aliphatic carbocycles. The van der Waals surface area contributed by atoms with Gasteiger partial charge >= 0.3 is 0 Å². The van der Waals surface area contributed by atoms with Crippen molar-refractivity contribution >= 4 is 11.8 Å². The maximum Gasteiger partial charge on any atom is 0.155 e. The first kappa shape index (κ1) is 8.91. The van der Waals surface area contributed by atoms with E-state index >= 15 is 0 Å². The average Bonchev–Trinajstić information content (AvgIpc) is 2.21. The van der Waals surface area contributed by atoms with Crippen molar-refractivity contribution in [3.05, 3.63) is 30.3 Å². The van der Waals surface area contributed by atoms with Crippen LogP contribution in [-0.4, -0.2) is 29.7 Å². The van der Waals surface area contributed by atoms with Crippen LogP contribution in [0.5, 0.6) is 5.75 Å². The minimum Gasteiger partial charge on any atom is -0.405 e. The molecular weight excluding hydrogens is 182 g/mol. The molecule has 13 heavy (non-hydrogen) atoms. The maximum absolute atomic E-state index is 5.62. The summed E-state index contributed by atoms with van der Waals surface area (Å²) in [7, 11) is 0. The molecule has 2 nitrogen and oxygen atoms in total. The minimum absolute atomic E-state index is 0.814. The number of thioether (sulfide) groups is 1. The highest BCUT2D eigenvalue weighted by atomic mass is 32.2. The molecule has 0 unspecified atom stereocenters. The van der Waals surface area contributed by atoms with E-state index in [0.29, 0.717) is 0 Å². The fourth-order valence-corrected chi connectivity index (χ4v) is 2.08. The van der Waals surface area contributed by atoms with Gasteiger partial charge in [-0.05, 0) is 6.07 Å². The van der Waals surface area contributed by atoms with E-state index < -0.39 is 0 Å². The molecule has 1 aliphatic heterocycles. The molecule has 1 radical (unpaired) electrons. The Kier molecular flexibility index (Phi) is 3.11. The van der Waals surface area contributed by atoms with Crippen molar-refractivity contribution in [1.82, 2.24) is 5.06 Å². The summed E-state index contributed by atoms with van der Waals surface area (Å²) in [6.07, 6.45) is 0. The molecule has 1 aromatic rings. The number of rotatable bonds is 2. The van der Waals surface area contributed by atoms with Crippen molar-refractivity contribution < 1.29 is 4.84 Å². The molecule has 3 heteroatoms. The Morgan fingerprint density at radius 1 is 1.31 bits per heavy atom. The summed E-state index contributed by atoms with van der Waals surface area (Å²) in [5.41, 5.74) is 0. The van der Waals surface area contributed by atoms with Crippen LogP contribution in [0.15, 0.2) is 24.3 Å². The maximum atomic E-state index is 5.62. The highest BCUT2D eigenvalue weighted by Crippen LogP contribution is 2.14. The quantitative estimate of drug-likeness (QED) is 0.712. The van der Waals surface area contributed by atoms with Crippen LogP contribution in [0.25, 0.3) is 0 Å². The van der Waals surface area contributed by atoms with Crippen LogP contribution in [0.1, 0.15) is 0 Å². The van der Waals surface area contributed by atoms with Crippen molar-refractivity contribution in [2.24, 2.45) is 0 Å². The summed E-state index contributed by atoms with van der Waals surface area (Å²) in [4.78, 5) is 5.62. The molecule has 0 amide bonds. The zero-order valence-electron chi connectivity index (χ0n) is 7.40. The summed E-state index contributed by atoms with van der Waals surface area (Å²) < 4.78 is 0. The van der Waals surface area contributed by atoms with E-state index in [9.17, 15) is 0 Å². The minimum atomic E-state index is 0.814. The molecule has 0 N–H and O–H groups in total. The first-order valence-electron chi connectivity index (χ1n) is 4.42. The molecule has 0 atom stereocenters. The van der Waals surface area contributed by atoms with E-state index in [1.54, 1.807) is 0 Å². The summed E-state index contributed by atoms with van der Waals surface area (Å²) in [6, 6.07) is 10.8. The molecule has 0 aromatic heterocycles. The second kappa shape index (κ2) is 4.53. The molecule has 0 saturated carbocycles. The van der Waals surface area contributed by atoms with Gasteiger partial charge in [-0.15, -0.1) is 5.06 Å². The van der Waals surface area contributed by atoms with Crippen molar-refractivity contribution in [1.29, 1.82) is 0 Å². The Labute approximate surface area is 82.8 Å². The highest BCUT2D eigenvalue weighted by Gasteiger charge is 2.11. The topological polar surface area (TPSA) is 12.5 Å². The monoisotopic (exact) mass is 194 g/mol. The van der Waals surface area contributed by atoms with E-state index in [4.69, 9.17) is 4.84 Å². The van der Waals surface area contributed by atoms with Crippen LogP contribution in [0.3, 0.4) is 0 Å². The van der Waals surface area contributed by atoms with E-state index in [0.717, 1.165) is 30.3 Å². The van der Waals surface area contributed by atoms with Gasteiger partial charge in [-0.25, -0.2) is 0 Å². The first-order chi connectivity index (χ1) is 6.45. The zero-order valence-corrected chi connectivity index (χ0v) is 8.22. The van der Waals surface area contributed by atoms with Gasteiger partial charge in [0, 0.05) is 30.7 Å². The van der Waals surface area contributed by atoms with Crippen LogP contribution in [0.4, 0.5) is 0 Å². The summed E-state index contributed by atoms with van der Waals surface area (Å²) in [5.74, 6) is 3.13. The third-order valence-electron chi connectivity index (χ3n) is 1.88. The fourth-order valence-electron chi connectivity index (χ4n) is 1.21. The number of para-hydroxylation sites is 1. The number of hydroxylamine groups is 2. The lowest BCUT2D eigenvalue weighted by Crippen LogP contribution is -2.35. The third kappa shape index (κ3) is 2.64. The number of hydrogen-bond acceptors (Lipinski definition) is 3. The third-order valence-corrected chi connectivity index (χ3v) is 2.82. The van der Waals surface area contributed by atoms with Crippen LogP contribution in [-0.2, 0) is 0 Å². The van der Waals surface area contributed by atoms with Gasteiger partial charge in [0.05, 0.1) is 0 Å². The van der Waals surface area contributed by atoms with Gasteiger partial charge in [0.2, 0.25) is 0 Å².